The molecule has 1 saturated heterocycles. The van der Waals surface area contributed by atoms with Crippen molar-refractivity contribution in [1.29, 1.82) is 0 Å². The Hall–Kier alpha value is -2.73. The van der Waals surface area contributed by atoms with Crippen molar-refractivity contribution >= 4 is 29.7 Å². The number of thioether (sulfide) groups is 1. The van der Waals surface area contributed by atoms with Crippen molar-refractivity contribution in [2.24, 2.45) is 5.92 Å². The van der Waals surface area contributed by atoms with E-state index < -0.39 is 0 Å². The molecule has 0 aromatic heterocycles. The van der Waals surface area contributed by atoms with Gasteiger partial charge in [0.05, 0.1) is 0 Å². The molecule has 3 rings (SSSR count). The number of rotatable bonds is 8. The second kappa shape index (κ2) is 11.5. The zero-order chi connectivity index (χ0) is 21.2. The number of hydrogen-bond donors (Lipinski definition) is 1. The summed E-state index contributed by atoms with van der Waals surface area (Å²) in [5, 5.41) is 2.98. The second-order valence-corrected chi connectivity index (χ2v) is 8.16. The number of ether oxygens (including phenoxy) is 1. The lowest BCUT2D eigenvalue weighted by atomic mass is 9.96. The molecule has 1 aliphatic rings. The third kappa shape index (κ3) is 6.95. The van der Waals surface area contributed by atoms with E-state index in [1.54, 1.807) is 17.8 Å². The number of carbonyl (C=O) groups excluding carboxylic acids is 2. The first kappa shape index (κ1) is 22.0. The molecule has 0 aliphatic carbocycles. The molecule has 30 heavy (non-hydrogen) atoms. The van der Waals surface area contributed by atoms with Crippen LogP contribution in [0.2, 0.25) is 0 Å². The van der Waals surface area contributed by atoms with Crippen molar-refractivity contribution in [2.45, 2.75) is 17.7 Å². The van der Waals surface area contributed by atoms with Gasteiger partial charge in [-0.05, 0) is 60.9 Å². The third-order valence-corrected chi connectivity index (χ3v) is 5.92. The molecule has 6 heteroatoms. The predicted molar refractivity (Wildman–Crippen MR) is 122 cm³/mol. The molecule has 1 N–H and O–H groups in total. The summed E-state index contributed by atoms with van der Waals surface area (Å²) >= 11 is 1.69. The van der Waals surface area contributed by atoms with Gasteiger partial charge in [0.2, 0.25) is 5.91 Å². The summed E-state index contributed by atoms with van der Waals surface area (Å²) in [5.41, 5.74) is 1.01. The van der Waals surface area contributed by atoms with Crippen LogP contribution in [0.1, 0.15) is 18.4 Å². The first-order valence-corrected chi connectivity index (χ1v) is 11.4. The van der Waals surface area contributed by atoms with Crippen LogP contribution in [0.15, 0.2) is 65.6 Å². The Morgan fingerprint density at radius 3 is 2.47 bits per heavy atom. The number of hydrogen-bond acceptors (Lipinski definition) is 4. The predicted octanol–water partition coefficient (Wildman–Crippen LogP) is 3.86. The van der Waals surface area contributed by atoms with Crippen LogP contribution < -0.4 is 10.1 Å². The lowest BCUT2D eigenvalue weighted by molar-refractivity contribution is -0.134. The second-order valence-electron chi connectivity index (χ2n) is 7.28. The molecule has 1 fully saturated rings. The van der Waals surface area contributed by atoms with Gasteiger partial charge in [-0.15, -0.1) is 11.8 Å². The van der Waals surface area contributed by atoms with Crippen molar-refractivity contribution in [3.8, 4) is 5.75 Å². The third-order valence-electron chi connectivity index (χ3n) is 5.18. The van der Waals surface area contributed by atoms with Crippen molar-refractivity contribution in [3.05, 3.63) is 66.2 Å². The molecule has 2 aromatic rings. The molecule has 2 amide bonds. The van der Waals surface area contributed by atoms with Gasteiger partial charge in [-0.2, -0.15) is 0 Å². The molecule has 1 aliphatic heterocycles. The zero-order valence-corrected chi connectivity index (χ0v) is 18.1. The number of nitrogens with zero attached hydrogens (tertiary/aromatic N) is 1. The molecule has 0 atom stereocenters. The van der Waals surface area contributed by atoms with Gasteiger partial charge in [0, 0.05) is 30.6 Å². The average molecular weight is 425 g/mol. The van der Waals surface area contributed by atoms with E-state index >= 15 is 0 Å². The van der Waals surface area contributed by atoms with Crippen LogP contribution in [0.4, 0.5) is 0 Å². The van der Waals surface area contributed by atoms with Crippen LogP contribution in [0.5, 0.6) is 5.75 Å². The lowest BCUT2D eigenvalue weighted by Gasteiger charge is -2.32. The Labute approximate surface area is 182 Å². The fourth-order valence-electron chi connectivity index (χ4n) is 3.33. The largest absolute Gasteiger partial charge is 0.484 e. The lowest BCUT2D eigenvalue weighted by Crippen LogP contribution is -2.43. The minimum atomic E-state index is -0.0845. The average Bonchev–Trinajstić information content (AvgIpc) is 2.81. The fourth-order valence-corrected chi connectivity index (χ4v) is 3.74. The molecule has 0 unspecified atom stereocenters. The van der Waals surface area contributed by atoms with Gasteiger partial charge >= 0.3 is 0 Å². The van der Waals surface area contributed by atoms with Gasteiger partial charge < -0.3 is 15.0 Å². The number of amides is 2. The molecular weight excluding hydrogens is 396 g/mol. The maximum absolute atomic E-state index is 12.3. The Kier molecular flexibility index (Phi) is 8.39. The number of benzene rings is 2. The van der Waals surface area contributed by atoms with E-state index in [0.29, 0.717) is 31.3 Å². The van der Waals surface area contributed by atoms with Crippen LogP contribution in [0.3, 0.4) is 0 Å². The van der Waals surface area contributed by atoms with Gasteiger partial charge in [-0.25, -0.2) is 0 Å². The summed E-state index contributed by atoms with van der Waals surface area (Å²) in [6, 6.07) is 17.5. The molecule has 2 aromatic carbocycles. The van der Waals surface area contributed by atoms with E-state index in [0.717, 1.165) is 18.4 Å². The minimum absolute atomic E-state index is 0.0109. The Morgan fingerprint density at radius 1 is 1.10 bits per heavy atom. The molecule has 0 radical (unpaired) electrons. The Morgan fingerprint density at radius 2 is 1.80 bits per heavy atom. The molecule has 0 saturated carbocycles. The zero-order valence-electron chi connectivity index (χ0n) is 17.3. The summed E-state index contributed by atoms with van der Waals surface area (Å²) in [7, 11) is 0. The minimum Gasteiger partial charge on any atom is -0.484 e. The number of nitrogens with one attached hydrogen (secondary N) is 1. The van der Waals surface area contributed by atoms with Crippen LogP contribution in [-0.2, 0) is 9.59 Å². The SMILES string of the molecule is CSc1ccc(/C=C/C(=O)NCC2CCN(C(=O)COc3ccccc3)CC2)cc1. The molecule has 0 spiro atoms. The van der Waals surface area contributed by atoms with Gasteiger partial charge in [0.15, 0.2) is 6.61 Å². The first-order valence-electron chi connectivity index (χ1n) is 10.2. The van der Waals surface area contributed by atoms with E-state index in [1.165, 1.54) is 4.90 Å². The highest BCUT2D eigenvalue weighted by Gasteiger charge is 2.23. The van der Waals surface area contributed by atoms with E-state index in [-0.39, 0.29) is 18.4 Å². The number of para-hydroxylation sites is 1. The van der Waals surface area contributed by atoms with E-state index in [9.17, 15) is 9.59 Å². The van der Waals surface area contributed by atoms with Crippen molar-refractivity contribution in [2.75, 3.05) is 32.5 Å². The highest BCUT2D eigenvalue weighted by molar-refractivity contribution is 7.98. The first-order chi connectivity index (χ1) is 14.6. The highest BCUT2D eigenvalue weighted by atomic mass is 32.2. The maximum atomic E-state index is 12.3. The van der Waals surface area contributed by atoms with E-state index in [4.69, 9.17) is 4.74 Å². The van der Waals surface area contributed by atoms with E-state index in [1.807, 2.05) is 71.8 Å². The van der Waals surface area contributed by atoms with Gasteiger partial charge in [-0.3, -0.25) is 9.59 Å². The Balaban J connectivity index is 1.34. The van der Waals surface area contributed by atoms with Crippen molar-refractivity contribution in [1.82, 2.24) is 10.2 Å². The number of likely N-dealkylation sites (tertiary alicyclic amines) is 1. The fraction of sp³-hybridized carbons (Fsp3) is 0.333. The van der Waals surface area contributed by atoms with Crippen molar-refractivity contribution < 1.29 is 14.3 Å². The monoisotopic (exact) mass is 424 g/mol. The van der Waals surface area contributed by atoms with Crippen LogP contribution in [0, 0.1) is 5.92 Å². The van der Waals surface area contributed by atoms with Crippen LogP contribution >= 0.6 is 11.8 Å². The Bertz CT molecular complexity index is 845. The quantitative estimate of drug-likeness (QED) is 0.517. The summed E-state index contributed by atoms with van der Waals surface area (Å²) in [6.45, 7) is 2.11. The summed E-state index contributed by atoms with van der Waals surface area (Å²) in [4.78, 5) is 27.5. The standard InChI is InChI=1S/C24H28N2O3S/c1-30-22-10-7-19(8-11-22)9-12-23(27)25-17-20-13-15-26(16-14-20)24(28)18-29-21-5-3-2-4-6-21/h2-12,20H,13-18H2,1H3,(H,25,27)/b12-9+. The molecule has 0 bridgehead atoms. The summed E-state index contributed by atoms with van der Waals surface area (Å²) in [6.07, 6.45) is 7.22. The normalized spacial score (nSPS) is 14.6. The maximum Gasteiger partial charge on any atom is 0.260 e. The van der Waals surface area contributed by atoms with Gasteiger partial charge in [0.1, 0.15) is 5.75 Å². The number of piperidine rings is 1. The summed E-state index contributed by atoms with van der Waals surface area (Å²) < 4.78 is 5.55. The van der Waals surface area contributed by atoms with Crippen molar-refractivity contribution in [3.63, 3.8) is 0 Å². The molecule has 5 nitrogen and oxygen atoms in total. The molecule has 158 valence electrons. The molecular formula is C24H28N2O3S. The van der Waals surface area contributed by atoms with Gasteiger partial charge in [0.25, 0.3) is 5.91 Å². The van der Waals surface area contributed by atoms with Gasteiger partial charge in [-0.1, -0.05) is 30.3 Å². The highest BCUT2D eigenvalue weighted by Crippen LogP contribution is 2.18. The summed E-state index contributed by atoms with van der Waals surface area (Å²) in [5.74, 6) is 1.02. The topological polar surface area (TPSA) is 58.6 Å². The van der Waals surface area contributed by atoms with Crippen LogP contribution in [0.25, 0.3) is 6.08 Å². The number of carbonyl (C=O) groups is 2. The smallest absolute Gasteiger partial charge is 0.260 e. The van der Waals surface area contributed by atoms with Crippen LogP contribution in [-0.4, -0.2) is 49.2 Å². The molecule has 1 heterocycles. The van der Waals surface area contributed by atoms with E-state index in [2.05, 4.69) is 5.32 Å².